The number of hydrogen-bond donors (Lipinski definition) is 2. The number of carbonyl (C=O) groups is 1. The van der Waals surface area contributed by atoms with Gasteiger partial charge in [-0.15, -0.1) is 0 Å². The summed E-state index contributed by atoms with van der Waals surface area (Å²) >= 11 is 2.63. The van der Waals surface area contributed by atoms with Crippen molar-refractivity contribution in [3.8, 4) is 5.75 Å². The fourth-order valence-corrected chi connectivity index (χ4v) is 1.16. The molecule has 0 bridgehead atoms. The standard InChI is InChI=1S/C7H3BrF2O3/c8-3-1-2(7(12)13)4(9)6(11)5(3)10/h1,11H,(H,12,13). The number of benzene rings is 1. The monoisotopic (exact) mass is 252 g/mol. The Labute approximate surface area is 79.7 Å². The lowest BCUT2D eigenvalue weighted by Gasteiger charge is -2.02. The second-order valence-corrected chi connectivity index (χ2v) is 3.04. The molecule has 1 aromatic rings. The van der Waals surface area contributed by atoms with Crippen LogP contribution in [0.1, 0.15) is 10.4 Å². The second-order valence-electron chi connectivity index (χ2n) is 2.19. The van der Waals surface area contributed by atoms with Crippen LogP contribution in [0.5, 0.6) is 5.75 Å². The van der Waals surface area contributed by atoms with Gasteiger partial charge in [0.1, 0.15) is 5.56 Å². The third kappa shape index (κ3) is 1.62. The van der Waals surface area contributed by atoms with Crippen molar-refractivity contribution in [1.82, 2.24) is 0 Å². The molecule has 0 aliphatic heterocycles. The van der Waals surface area contributed by atoms with Gasteiger partial charge in [0.05, 0.1) is 4.47 Å². The Morgan fingerprint density at radius 3 is 2.38 bits per heavy atom. The smallest absolute Gasteiger partial charge is 0.338 e. The van der Waals surface area contributed by atoms with Crippen LogP contribution in [0.4, 0.5) is 8.78 Å². The molecule has 0 heterocycles. The molecule has 2 N–H and O–H groups in total. The molecule has 0 spiro atoms. The molecule has 0 fully saturated rings. The Morgan fingerprint density at radius 2 is 1.92 bits per heavy atom. The van der Waals surface area contributed by atoms with Gasteiger partial charge < -0.3 is 10.2 Å². The van der Waals surface area contributed by atoms with Gasteiger partial charge >= 0.3 is 5.97 Å². The highest BCUT2D eigenvalue weighted by atomic mass is 79.9. The number of phenolic OH excluding ortho intramolecular Hbond substituents is 1. The van der Waals surface area contributed by atoms with Crippen molar-refractivity contribution >= 4 is 21.9 Å². The molecule has 0 saturated heterocycles. The maximum atomic E-state index is 12.8. The number of hydrogen-bond acceptors (Lipinski definition) is 2. The predicted molar refractivity (Wildman–Crippen MR) is 42.7 cm³/mol. The normalized spacial score (nSPS) is 10.1. The van der Waals surface area contributed by atoms with Crippen LogP contribution in [0.15, 0.2) is 10.5 Å². The summed E-state index contributed by atoms with van der Waals surface area (Å²) in [6.45, 7) is 0. The zero-order valence-electron chi connectivity index (χ0n) is 6.01. The minimum atomic E-state index is -1.58. The molecule has 0 aliphatic carbocycles. The molecule has 0 amide bonds. The lowest BCUT2D eigenvalue weighted by atomic mass is 10.2. The number of aromatic carboxylic acids is 1. The predicted octanol–water partition coefficient (Wildman–Crippen LogP) is 2.13. The highest BCUT2D eigenvalue weighted by molar-refractivity contribution is 9.10. The van der Waals surface area contributed by atoms with Crippen molar-refractivity contribution < 1.29 is 23.8 Å². The third-order valence-electron chi connectivity index (χ3n) is 1.36. The van der Waals surface area contributed by atoms with Gasteiger partial charge in [-0.25, -0.2) is 13.6 Å². The van der Waals surface area contributed by atoms with Crippen LogP contribution in [0.25, 0.3) is 0 Å². The van der Waals surface area contributed by atoms with Crippen LogP contribution in [-0.4, -0.2) is 16.2 Å². The summed E-state index contributed by atoms with van der Waals surface area (Å²) in [5.74, 6) is -5.57. The summed E-state index contributed by atoms with van der Waals surface area (Å²) in [5.41, 5.74) is -0.786. The summed E-state index contributed by atoms with van der Waals surface area (Å²) < 4.78 is 25.2. The third-order valence-corrected chi connectivity index (χ3v) is 1.94. The van der Waals surface area contributed by atoms with Gasteiger partial charge in [-0.2, -0.15) is 0 Å². The molecule has 0 unspecified atom stereocenters. The topological polar surface area (TPSA) is 57.5 Å². The maximum absolute atomic E-state index is 12.8. The zero-order chi connectivity index (χ0) is 10.2. The lowest BCUT2D eigenvalue weighted by Crippen LogP contribution is -2.02. The number of phenols is 1. The Bertz CT molecular complexity index is 378. The van der Waals surface area contributed by atoms with E-state index < -0.39 is 28.9 Å². The minimum Gasteiger partial charge on any atom is -0.503 e. The van der Waals surface area contributed by atoms with Gasteiger partial charge in [0, 0.05) is 0 Å². The summed E-state index contributed by atoms with van der Waals surface area (Å²) in [7, 11) is 0. The number of aromatic hydroxyl groups is 1. The first-order chi connectivity index (χ1) is 5.95. The average Bonchev–Trinajstić information content (AvgIpc) is 2.07. The van der Waals surface area contributed by atoms with Crippen LogP contribution in [0, 0.1) is 11.6 Å². The van der Waals surface area contributed by atoms with E-state index in [1.165, 1.54) is 0 Å². The summed E-state index contributed by atoms with van der Waals surface area (Å²) in [4.78, 5) is 10.3. The van der Waals surface area contributed by atoms with Crippen LogP contribution in [0.3, 0.4) is 0 Å². The van der Waals surface area contributed by atoms with Crippen molar-refractivity contribution in [2.45, 2.75) is 0 Å². The average molecular weight is 253 g/mol. The lowest BCUT2D eigenvalue weighted by molar-refractivity contribution is 0.0690. The van der Waals surface area contributed by atoms with Crippen LogP contribution in [-0.2, 0) is 0 Å². The number of carboxylic acid groups (broad SMARTS) is 1. The van der Waals surface area contributed by atoms with E-state index in [9.17, 15) is 13.6 Å². The van der Waals surface area contributed by atoms with E-state index in [0.717, 1.165) is 6.07 Å². The van der Waals surface area contributed by atoms with E-state index in [1.807, 2.05) is 0 Å². The molecule has 0 aliphatic rings. The fraction of sp³-hybridized carbons (Fsp3) is 0. The first-order valence-corrected chi connectivity index (χ1v) is 3.84. The van der Waals surface area contributed by atoms with Crippen molar-refractivity contribution in [1.29, 1.82) is 0 Å². The van der Waals surface area contributed by atoms with Gasteiger partial charge in [0.25, 0.3) is 0 Å². The highest BCUT2D eigenvalue weighted by Crippen LogP contribution is 2.29. The SMILES string of the molecule is O=C(O)c1cc(Br)c(F)c(O)c1F. The van der Waals surface area contributed by atoms with Gasteiger partial charge in [-0.05, 0) is 22.0 Å². The molecule has 1 aromatic carbocycles. The van der Waals surface area contributed by atoms with E-state index in [4.69, 9.17) is 10.2 Å². The molecular formula is C7H3BrF2O3. The molecule has 1 rings (SSSR count). The second kappa shape index (κ2) is 3.29. The number of rotatable bonds is 1. The molecular weight excluding hydrogens is 250 g/mol. The van der Waals surface area contributed by atoms with Gasteiger partial charge in [-0.3, -0.25) is 0 Å². The quantitative estimate of drug-likeness (QED) is 0.753. The van der Waals surface area contributed by atoms with E-state index in [-0.39, 0.29) is 4.47 Å². The van der Waals surface area contributed by atoms with Crippen molar-refractivity contribution in [2.24, 2.45) is 0 Å². The summed E-state index contributed by atoms with van der Waals surface area (Å²) in [5, 5.41) is 17.2. The first-order valence-electron chi connectivity index (χ1n) is 3.05. The fourth-order valence-electron chi connectivity index (χ4n) is 0.746. The molecule has 6 heteroatoms. The Morgan fingerprint density at radius 1 is 1.38 bits per heavy atom. The Hall–Kier alpha value is -1.17. The summed E-state index contributed by atoms with van der Waals surface area (Å²) in [6, 6.07) is 0.743. The summed E-state index contributed by atoms with van der Waals surface area (Å²) in [6.07, 6.45) is 0. The first kappa shape index (κ1) is 9.91. The van der Waals surface area contributed by atoms with Crippen LogP contribution < -0.4 is 0 Å². The van der Waals surface area contributed by atoms with Gasteiger partial charge in [-0.1, -0.05) is 0 Å². The van der Waals surface area contributed by atoms with E-state index in [1.54, 1.807) is 0 Å². The molecule has 13 heavy (non-hydrogen) atoms. The van der Waals surface area contributed by atoms with Gasteiger partial charge in [0.2, 0.25) is 0 Å². The number of halogens is 3. The van der Waals surface area contributed by atoms with E-state index in [2.05, 4.69) is 15.9 Å². The van der Waals surface area contributed by atoms with Crippen molar-refractivity contribution in [3.63, 3.8) is 0 Å². The molecule has 0 aromatic heterocycles. The molecule has 70 valence electrons. The zero-order valence-corrected chi connectivity index (χ0v) is 7.60. The van der Waals surface area contributed by atoms with Crippen LogP contribution in [0.2, 0.25) is 0 Å². The molecule has 3 nitrogen and oxygen atoms in total. The highest BCUT2D eigenvalue weighted by Gasteiger charge is 2.20. The van der Waals surface area contributed by atoms with E-state index >= 15 is 0 Å². The Balaban J connectivity index is 3.50. The van der Waals surface area contributed by atoms with Crippen LogP contribution >= 0.6 is 15.9 Å². The minimum absolute atomic E-state index is 0.302. The van der Waals surface area contributed by atoms with Gasteiger partial charge in [0.15, 0.2) is 17.4 Å². The number of carboxylic acids is 1. The Kier molecular flexibility index (Phi) is 2.51. The maximum Gasteiger partial charge on any atom is 0.338 e. The molecule has 0 radical (unpaired) electrons. The van der Waals surface area contributed by atoms with E-state index in [0.29, 0.717) is 0 Å². The largest absolute Gasteiger partial charge is 0.503 e. The molecule has 0 saturated carbocycles. The van der Waals surface area contributed by atoms with Crippen molar-refractivity contribution in [3.05, 3.63) is 27.7 Å². The molecule has 0 atom stereocenters. The van der Waals surface area contributed by atoms with Crippen molar-refractivity contribution in [2.75, 3.05) is 0 Å².